The lowest BCUT2D eigenvalue weighted by Crippen LogP contribution is -2.01. The summed E-state index contributed by atoms with van der Waals surface area (Å²) in [7, 11) is 1.65. The van der Waals surface area contributed by atoms with Crippen molar-refractivity contribution in [2.75, 3.05) is 12.4 Å². The first-order chi connectivity index (χ1) is 8.28. The van der Waals surface area contributed by atoms with Crippen molar-refractivity contribution < 1.29 is 4.74 Å². The molecule has 0 saturated carbocycles. The van der Waals surface area contributed by atoms with Gasteiger partial charge in [-0.05, 0) is 35.4 Å². The van der Waals surface area contributed by atoms with Crippen molar-refractivity contribution in [2.24, 2.45) is 0 Å². The molecule has 0 bridgehead atoms. The maximum Gasteiger partial charge on any atom is 0.224 e. The fraction of sp³-hybridized carbons (Fsp3) is 0.167. The molecule has 2 aromatic rings. The van der Waals surface area contributed by atoms with Crippen LogP contribution in [-0.4, -0.2) is 17.1 Å². The quantitative estimate of drug-likeness (QED) is 0.847. The average Bonchev–Trinajstić information content (AvgIpc) is 2.37. The molecule has 2 rings (SSSR count). The third-order valence-corrected chi connectivity index (χ3v) is 2.44. The molecule has 0 radical (unpaired) electrons. The minimum Gasteiger partial charge on any atom is -0.497 e. The first-order valence-corrected chi connectivity index (χ1v) is 5.51. The standard InChI is InChI=1S/C12H12ClN3O/c1-17-10-4-2-9(3-5-10)8-15-11-6-7-14-12(13)16-11/h2-7H,8H2,1H3,(H,14,15,16). The van der Waals surface area contributed by atoms with E-state index in [9.17, 15) is 0 Å². The fourth-order valence-corrected chi connectivity index (χ4v) is 1.52. The summed E-state index contributed by atoms with van der Waals surface area (Å²) < 4.78 is 5.09. The third kappa shape index (κ3) is 3.32. The largest absolute Gasteiger partial charge is 0.497 e. The zero-order valence-electron chi connectivity index (χ0n) is 9.35. The lowest BCUT2D eigenvalue weighted by molar-refractivity contribution is 0.414. The molecule has 5 heteroatoms. The number of hydrogen-bond acceptors (Lipinski definition) is 4. The van der Waals surface area contributed by atoms with E-state index in [4.69, 9.17) is 16.3 Å². The second-order valence-corrected chi connectivity index (χ2v) is 3.75. The van der Waals surface area contributed by atoms with Gasteiger partial charge < -0.3 is 10.1 Å². The number of rotatable bonds is 4. The van der Waals surface area contributed by atoms with Crippen LogP contribution >= 0.6 is 11.6 Å². The van der Waals surface area contributed by atoms with Crippen molar-refractivity contribution in [1.82, 2.24) is 9.97 Å². The number of ether oxygens (including phenoxy) is 1. The smallest absolute Gasteiger partial charge is 0.224 e. The van der Waals surface area contributed by atoms with Gasteiger partial charge in [-0.2, -0.15) is 0 Å². The second-order valence-electron chi connectivity index (χ2n) is 3.41. The van der Waals surface area contributed by atoms with Gasteiger partial charge in [0.25, 0.3) is 0 Å². The highest BCUT2D eigenvalue weighted by atomic mass is 35.5. The van der Waals surface area contributed by atoms with Gasteiger partial charge in [0.2, 0.25) is 5.28 Å². The predicted octanol–water partition coefficient (Wildman–Crippen LogP) is 2.75. The molecule has 4 nitrogen and oxygen atoms in total. The molecule has 0 saturated heterocycles. The highest BCUT2D eigenvalue weighted by Gasteiger charge is 1.97. The van der Waals surface area contributed by atoms with Gasteiger partial charge in [0, 0.05) is 12.7 Å². The van der Waals surface area contributed by atoms with Crippen LogP contribution in [0.15, 0.2) is 36.5 Å². The molecule has 0 fully saturated rings. The lowest BCUT2D eigenvalue weighted by Gasteiger charge is -2.06. The molecular weight excluding hydrogens is 238 g/mol. The molecule has 0 aliphatic carbocycles. The molecule has 1 heterocycles. The molecule has 1 N–H and O–H groups in total. The summed E-state index contributed by atoms with van der Waals surface area (Å²) in [5.74, 6) is 1.56. The average molecular weight is 250 g/mol. The van der Waals surface area contributed by atoms with E-state index in [1.807, 2.05) is 24.3 Å². The zero-order chi connectivity index (χ0) is 12.1. The molecule has 1 aromatic heterocycles. The van der Waals surface area contributed by atoms with Crippen LogP contribution < -0.4 is 10.1 Å². The Hall–Kier alpha value is -1.81. The van der Waals surface area contributed by atoms with Crippen molar-refractivity contribution in [3.8, 4) is 5.75 Å². The monoisotopic (exact) mass is 249 g/mol. The zero-order valence-corrected chi connectivity index (χ0v) is 10.1. The van der Waals surface area contributed by atoms with Crippen LogP contribution in [0.1, 0.15) is 5.56 Å². The van der Waals surface area contributed by atoms with Crippen molar-refractivity contribution in [1.29, 1.82) is 0 Å². The van der Waals surface area contributed by atoms with E-state index in [2.05, 4.69) is 15.3 Å². The second kappa shape index (κ2) is 5.50. The summed E-state index contributed by atoms with van der Waals surface area (Å²) in [6.07, 6.45) is 1.62. The number of hydrogen-bond donors (Lipinski definition) is 1. The van der Waals surface area contributed by atoms with Gasteiger partial charge in [-0.3, -0.25) is 0 Å². The van der Waals surface area contributed by atoms with Crippen LogP contribution in [0.3, 0.4) is 0 Å². The molecule has 0 unspecified atom stereocenters. The molecule has 0 spiro atoms. The molecular formula is C12H12ClN3O. The van der Waals surface area contributed by atoms with Crippen LogP contribution in [-0.2, 0) is 6.54 Å². The third-order valence-electron chi connectivity index (χ3n) is 2.26. The van der Waals surface area contributed by atoms with Gasteiger partial charge in [0.15, 0.2) is 0 Å². The van der Waals surface area contributed by atoms with Crippen LogP contribution in [0, 0.1) is 0 Å². The van der Waals surface area contributed by atoms with Crippen LogP contribution in [0.4, 0.5) is 5.82 Å². The predicted molar refractivity (Wildman–Crippen MR) is 67.4 cm³/mol. The van der Waals surface area contributed by atoms with Gasteiger partial charge in [-0.1, -0.05) is 12.1 Å². The number of nitrogens with one attached hydrogen (secondary N) is 1. The van der Waals surface area contributed by atoms with Crippen molar-refractivity contribution in [3.63, 3.8) is 0 Å². The van der Waals surface area contributed by atoms with Crippen molar-refractivity contribution >= 4 is 17.4 Å². The van der Waals surface area contributed by atoms with E-state index in [-0.39, 0.29) is 5.28 Å². The van der Waals surface area contributed by atoms with Crippen molar-refractivity contribution in [2.45, 2.75) is 6.54 Å². The maximum absolute atomic E-state index is 5.69. The summed E-state index contributed by atoms with van der Waals surface area (Å²) in [6, 6.07) is 9.60. The Morgan fingerprint density at radius 1 is 1.24 bits per heavy atom. The topological polar surface area (TPSA) is 47.0 Å². The van der Waals surface area contributed by atoms with Gasteiger partial charge in [-0.25, -0.2) is 9.97 Å². The maximum atomic E-state index is 5.69. The number of benzene rings is 1. The molecule has 88 valence electrons. The summed E-state index contributed by atoms with van der Waals surface area (Å²) in [5, 5.41) is 3.40. The Morgan fingerprint density at radius 2 is 2.00 bits per heavy atom. The lowest BCUT2D eigenvalue weighted by atomic mass is 10.2. The normalized spacial score (nSPS) is 10.0. The number of aromatic nitrogens is 2. The molecule has 0 amide bonds. The Morgan fingerprint density at radius 3 is 2.65 bits per heavy atom. The van der Waals surface area contributed by atoms with Gasteiger partial charge in [-0.15, -0.1) is 0 Å². The van der Waals surface area contributed by atoms with Gasteiger partial charge >= 0.3 is 0 Å². The van der Waals surface area contributed by atoms with E-state index in [0.29, 0.717) is 12.4 Å². The number of nitrogens with zero attached hydrogens (tertiary/aromatic N) is 2. The summed E-state index contributed by atoms with van der Waals surface area (Å²) in [5.41, 5.74) is 1.14. The number of anilines is 1. The Labute approximate surface area is 105 Å². The minimum absolute atomic E-state index is 0.240. The summed E-state index contributed by atoms with van der Waals surface area (Å²) in [4.78, 5) is 7.86. The molecule has 0 aliphatic heterocycles. The Bertz CT molecular complexity index is 487. The first-order valence-electron chi connectivity index (χ1n) is 5.13. The molecule has 1 aromatic carbocycles. The Balaban J connectivity index is 1.97. The minimum atomic E-state index is 0.240. The first kappa shape index (κ1) is 11.7. The van der Waals surface area contributed by atoms with E-state index in [0.717, 1.165) is 11.3 Å². The highest BCUT2D eigenvalue weighted by Crippen LogP contribution is 2.13. The van der Waals surface area contributed by atoms with E-state index >= 15 is 0 Å². The van der Waals surface area contributed by atoms with Crippen LogP contribution in [0.5, 0.6) is 5.75 Å². The molecule has 0 atom stereocenters. The fourth-order valence-electron chi connectivity index (χ4n) is 1.37. The van der Waals surface area contributed by atoms with Gasteiger partial charge in [0.1, 0.15) is 11.6 Å². The van der Waals surface area contributed by atoms with Crippen LogP contribution in [0.25, 0.3) is 0 Å². The number of methoxy groups -OCH3 is 1. The van der Waals surface area contributed by atoms with Crippen LogP contribution in [0.2, 0.25) is 5.28 Å². The summed E-state index contributed by atoms with van der Waals surface area (Å²) in [6.45, 7) is 0.678. The highest BCUT2D eigenvalue weighted by molar-refractivity contribution is 6.28. The SMILES string of the molecule is COc1ccc(CNc2ccnc(Cl)n2)cc1. The number of halogens is 1. The molecule has 0 aliphatic rings. The van der Waals surface area contributed by atoms with E-state index in [1.165, 1.54) is 0 Å². The van der Waals surface area contributed by atoms with Gasteiger partial charge in [0.05, 0.1) is 7.11 Å². The summed E-state index contributed by atoms with van der Waals surface area (Å²) >= 11 is 5.69. The van der Waals surface area contributed by atoms with E-state index < -0.39 is 0 Å². The molecule has 17 heavy (non-hydrogen) atoms. The van der Waals surface area contributed by atoms with Crippen molar-refractivity contribution in [3.05, 3.63) is 47.4 Å². The Kier molecular flexibility index (Phi) is 3.77. The van der Waals surface area contributed by atoms with E-state index in [1.54, 1.807) is 19.4 Å².